The van der Waals surface area contributed by atoms with Gasteiger partial charge in [-0.1, -0.05) is 0 Å². The third-order valence-corrected chi connectivity index (χ3v) is 1.38. The van der Waals surface area contributed by atoms with Crippen LogP contribution < -0.4 is 5.73 Å². The van der Waals surface area contributed by atoms with Gasteiger partial charge in [-0.05, 0) is 20.8 Å². The highest BCUT2D eigenvalue weighted by Gasteiger charge is 2.13. The molecule has 0 saturated carbocycles. The SMILES string of the molecule is COC(C)OC(C)OC(C)OC(N)=O. The van der Waals surface area contributed by atoms with Crippen molar-refractivity contribution in [3.63, 3.8) is 0 Å². The number of methoxy groups -OCH3 is 1. The molecule has 2 N–H and O–H groups in total. The Labute approximate surface area is 83.2 Å². The van der Waals surface area contributed by atoms with E-state index in [1.54, 1.807) is 20.8 Å². The summed E-state index contributed by atoms with van der Waals surface area (Å²) < 4.78 is 19.7. The number of primary amides is 1. The fraction of sp³-hybridized carbons (Fsp3) is 0.875. The molecule has 0 heterocycles. The molecule has 0 aromatic heterocycles. The van der Waals surface area contributed by atoms with Crippen LogP contribution in [0.2, 0.25) is 0 Å². The molecular formula is C8H17NO5. The summed E-state index contributed by atoms with van der Waals surface area (Å²) in [5, 5.41) is 0. The Morgan fingerprint density at radius 2 is 1.57 bits per heavy atom. The van der Waals surface area contributed by atoms with Gasteiger partial charge in [0.25, 0.3) is 0 Å². The molecule has 0 aliphatic carbocycles. The summed E-state index contributed by atoms with van der Waals surface area (Å²) in [4.78, 5) is 10.3. The standard InChI is InChI=1S/C8H17NO5/c1-5(11-4)12-6(2)13-7(3)14-8(9)10/h5-7H,1-4H3,(H2,9,10). The Balaban J connectivity index is 3.70. The lowest BCUT2D eigenvalue weighted by molar-refractivity contribution is -0.264. The van der Waals surface area contributed by atoms with Gasteiger partial charge in [0.2, 0.25) is 6.29 Å². The molecular weight excluding hydrogens is 190 g/mol. The summed E-state index contributed by atoms with van der Waals surface area (Å²) >= 11 is 0. The summed E-state index contributed by atoms with van der Waals surface area (Å²) in [6, 6.07) is 0. The molecule has 0 aliphatic heterocycles. The maximum Gasteiger partial charge on any atom is 0.406 e. The van der Waals surface area contributed by atoms with Gasteiger partial charge in [-0.25, -0.2) is 4.79 Å². The average Bonchev–Trinajstić information content (AvgIpc) is 2.01. The van der Waals surface area contributed by atoms with Crippen LogP contribution in [-0.2, 0) is 18.9 Å². The first-order valence-corrected chi connectivity index (χ1v) is 4.25. The lowest BCUT2D eigenvalue weighted by atomic mass is 10.6. The normalized spacial score (nSPS) is 17.1. The molecule has 0 spiro atoms. The number of carbonyl (C=O) groups is 1. The predicted octanol–water partition coefficient (Wildman–Crippen LogP) is 0.799. The van der Waals surface area contributed by atoms with E-state index in [1.165, 1.54) is 7.11 Å². The van der Waals surface area contributed by atoms with E-state index in [0.717, 1.165) is 0 Å². The molecule has 6 heteroatoms. The summed E-state index contributed by atoms with van der Waals surface area (Å²) in [6.45, 7) is 4.93. The number of hydrogen-bond donors (Lipinski definition) is 1. The smallest absolute Gasteiger partial charge is 0.406 e. The highest BCUT2D eigenvalue weighted by Crippen LogP contribution is 2.04. The van der Waals surface area contributed by atoms with Crippen LogP contribution >= 0.6 is 0 Å². The molecule has 0 fully saturated rings. The number of amides is 1. The maximum absolute atomic E-state index is 10.3. The minimum Gasteiger partial charge on any atom is -0.420 e. The molecule has 3 atom stereocenters. The van der Waals surface area contributed by atoms with Gasteiger partial charge in [0.05, 0.1) is 0 Å². The van der Waals surface area contributed by atoms with Crippen molar-refractivity contribution in [2.45, 2.75) is 39.6 Å². The van der Waals surface area contributed by atoms with Crippen LogP contribution in [0.1, 0.15) is 20.8 Å². The van der Waals surface area contributed by atoms with Gasteiger partial charge in [-0.15, -0.1) is 0 Å². The van der Waals surface area contributed by atoms with E-state index < -0.39 is 18.7 Å². The quantitative estimate of drug-likeness (QED) is 0.651. The second kappa shape index (κ2) is 6.58. The molecule has 1 amide bonds. The summed E-state index contributed by atoms with van der Waals surface area (Å²) in [7, 11) is 1.51. The van der Waals surface area contributed by atoms with E-state index in [9.17, 15) is 4.79 Å². The molecule has 84 valence electrons. The summed E-state index contributed by atoms with van der Waals surface area (Å²) in [6.07, 6.45) is -2.55. The van der Waals surface area contributed by atoms with Crippen LogP contribution in [0.5, 0.6) is 0 Å². The molecule has 0 aromatic rings. The van der Waals surface area contributed by atoms with Gasteiger partial charge >= 0.3 is 6.09 Å². The van der Waals surface area contributed by atoms with Crippen LogP contribution in [0.25, 0.3) is 0 Å². The van der Waals surface area contributed by atoms with Gasteiger partial charge in [0.1, 0.15) is 0 Å². The third-order valence-electron chi connectivity index (χ3n) is 1.38. The monoisotopic (exact) mass is 207 g/mol. The third kappa shape index (κ3) is 6.64. The lowest BCUT2D eigenvalue weighted by Crippen LogP contribution is -2.29. The lowest BCUT2D eigenvalue weighted by Gasteiger charge is -2.21. The van der Waals surface area contributed by atoms with Gasteiger partial charge in [-0.3, -0.25) is 0 Å². The molecule has 0 radical (unpaired) electrons. The maximum atomic E-state index is 10.3. The Morgan fingerprint density at radius 3 is 2.00 bits per heavy atom. The number of carbonyl (C=O) groups excluding carboxylic acids is 1. The van der Waals surface area contributed by atoms with E-state index in [1.807, 2.05) is 0 Å². The van der Waals surface area contributed by atoms with Crippen molar-refractivity contribution in [2.24, 2.45) is 5.73 Å². The molecule has 14 heavy (non-hydrogen) atoms. The largest absolute Gasteiger partial charge is 0.420 e. The summed E-state index contributed by atoms with van der Waals surface area (Å²) in [5.41, 5.74) is 4.79. The predicted molar refractivity (Wildman–Crippen MR) is 48.2 cm³/mol. The van der Waals surface area contributed by atoms with Gasteiger partial charge in [0, 0.05) is 7.11 Å². The van der Waals surface area contributed by atoms with Crippen molar-refractivity contribution in [2.75, 3.05) is 7.11 Å². The Hall–Kier alpha value is -0.850. The molecule has 0 saturated heterocycles. The Bertz CT molecular complexity index is 175. The van der Waals surface area contributed by atoms with Crippen molar-refractivity contribution in [1.29, 1.82) is 0 Å². The van der Waals surface area contributed by atoms with Crippen molar-refractivity contribution >= 4 is 6.09 Å². The van der Waals surface area contributed by atoms with E-state index in [-0.39, 0.29) is 6.29 Å². The average molecular weight is 207 g/mol. The fourth-order valence-electron chi connectivity index (χ4n) is 0.819. The van der Waals surface area contributed by atoms with Gasteiger partial charge in [0.15, 0.2) is 12.6 Å². The van der Waals surface area contributed by atoms with Crippen LogP contribution in [0, 0.1) is 0 Å². The molecule has 6 nitrogen and oxygen atoms in total. The van der Waals surface area contributed by atoms with E-state index in [4.69, 9.17) is 19.9 Å². The zero-order valence-electron chi connectivity index (χ0n) is 8.85. The van der Waals surface area contributed by atoms with Crippen LogP contribution in [0.4, 0.5) is 4.79 Å². The van der Waals surface area contributed by atoms with E-state index in [2.05, 4.69) is 4.74 Å². The Kier molecular flexibility index (Phi) is 6.18. The van der Waals surface area contributed by atoms with Crippen LogP contribution in [-0.4, -0.2) is 32.1 Å². The first kappa shape index (κ1) is 13.2. The number of rotatable bonds is 6. The Morgan fingerprint density at radius 1 is 1.07 bits per heavy atom. The van der Waals surface area contributed by atoms with Crippen molar-refractivity contribution in [3.05, 3.63) is 0 Å². The molecule has 0 aliphatic rings. The number of hydrogen-bond acceptors (Lipinski definition) is 5. The summed E-state index contributed by atoms with van der Waals surface area (Å²) in [5.74, 6) is 0. The molecule has 0 rings (SSSR count). The minimum absolute atomic E-state index is 0.384. The van der Waals surface area contributed by atoms with Gasteiger partial charge in [-0.2, -0.15) is 0 Å². The van der Waals surface area contributed by atoms with Crippen molar-refractivity contribution < 1.29 is 23.7 Å². The topological polar surface area (TPSA) is 80.0 Å². The molecule has 0 bridgehead atoms. The van der Waals surface area contributed by atoms with Gasteiger partial charge < -0.3 is 24.7 Å². The van der Waals surface area contributed by atoms with Crippen molar-refractivity contribution in [3.8, 4) is 0 Å². The first-order chi connectivity index (χ1) is 6.45. The van der Waals surface area contributed by atoms with Crippen LogP contribution in [0.3, 0.4) is 0 Å². The zero-order chi connectivity index (χ0) is 11.1. The second-order valence-corrected chi connectivity index (χ2v) is 2.65. The van der Waals surface area contributed by atoms with Crippen LogP contribution in [0.15, 0.2) is 0 Å². The zero-order valence-corrected chi connectivity index (χ0v) is 8.85. The highest BCUT2D eigenvalue weighted by molar-refractivity contribution is 5.64. The molecule has 0 aromatic carbocycles. The number of nitrogens with two attached hydrogens (primary N) is 1. The fourth-order valence-corrected chi connectivity index (χ4v) is 0.819. The minimum atomic E-state index is -0.885. The second-order valence-electron chi connectivity index (χ2n) is 2.65. The molecule has 3 unspecified atom stereocenters. The number of ether oxygens (including phenoxy) is 4. The first-order valence-electron chi connectivity index (χ1n) is 4.25. The van der Waals surface area contributed by atoms with E-state index >= 15 is 0 Å². The highest BCUT2D eigenvalue weighted by atomic mass is 16.8. The van der Waals surface area contributed by atoms with Crippen molar-refractivity contribution in [1.82, 2.24) is 0 Å². The van der Waals surface area contributed by atoms with E-state index in [0.29, 0.717) is 0 Å².